The Bertz CT molecular complexity index is 986. The molecule has 154 valence electrons. The van der Waals surface area contributed by atoms with E-state index in [1.54, 1.807) is 25.1 Å². The van der Waals surface area contributed by atoms with Crippen molar-refractivity contribution >= 4 is 17.0 Å². The van der Waals surface area contributed by atoms with Gasteiger partial charge >= 0.3 is 6.08 Å². The van der Waals surface area contributed by atoms with Gasteiger partial charge in [0.25, 0.3) is 0 Å². The molecule has 29 heavy (non-hydrogen) atoms. The summed E-state index contributed by atoms with van der Waals surface area (Å²) in [7, 11) is 3.20. The number of nitrogens with zero attached hydrogens (tertiary/aromatic N) is 4. The van der Waals surface area contributed by atoms with E-state index in [1.165, 1.54) is 0 Å². The lowest BCUT2D eigenvalue weighted by atomic mass is 10.2. The lowest BCUT2D eigenvalue weighted by molar-refractivity contribution is 0.00928. The largest absolute Gasteiger partial charge is 0.497 e. The molecule has 1 aliphatic heterocycles. The van der Waals surface area contributed by atoms with Crippen molar-refractivity contribution in [1.82, 2.24) is 19.5 Å². The molecular formula is C20H24FN5O3. The third-order valence-electron chi connectivity index (χ3n) is 5.04. The third-order valence-corrected chi connectivity index (χ3v) is 5.04. The lowest BCUT2D eigenvalue weighted by Gasteiger charge is -2.17. The molecule has 1 unspecified atom stereocenters. The smallest absolute Gasteiger partial charge is 0.312 e. The minimum absolute atomic E-state index is 0.192. The molecule has 1 saturated heterocycles. The average molecular weight is 401 g/mol. The van der Waals surface area contributed by atoms with Crippen LogP contribution < -0.4 is 14.8 Å². The number of methoxy groups -OCH3 is 2. The first kappa shape index (κ1) is 19.4. The van der Waals surface area contributed by atoms with Crippen molar-refractivity contribution in [2.24, 2.45) is 0 Å². The van der Waals surface area contributed by atoms with Crippen molar-refractivity contribution < 1.29 is 18.6 Å². The summed E-state index contributed by atoms with van der Waals surface area (Å²) < 4.78 is 32.6. The fourth-order valence-corrected chi connectivity index (χ4v) is 3.54. The Balaban J connectivity index is 1.63. The maximum Gasteiger partial charge on any atom is 0.312 e. The van der Waals surface area contributed by atoms with E-state index in [0.717, 1.165) is 31.2 Å². The summed E-state index contributed by atoms with van der Waals surface area (Å²) in [5, 5.41) is 3.16. The Morgan fingerprint density at radius 1 is 1.21 bits per heavy atom. The zero-order valence-electron chi connectivity index (χ0n) is 16.5. The van der Waals surface area contributed by atoms with Gasteiger partial charge in [0, 0.05) is 18.7 Å². The van der Waals surface area contributed by atoms with Crippen molar-refractivity contribution in [2.45, 2.75) is 38.5 Å². The van der Waals surface area contributed by atoms with Gasteiger partial charge < -0.3 is 19.5 Å². The van der Waals surface area contributed by atoms with Crippen LogP contribution >= 0.6 is 0 Å². The summed E-state index contributed by atoms with van der Waals surface area (Å²) in [4.78, 5) is 12.3. The molecule has 0 spiro atoms. The number of imidazole rings is 1. The number of fused-ring (bicyclic) bond motifs is 1. The van der Waals surface area contributed by atoms with E-state index < -0.39 is 6.08 Å². The molecule has 0 aliphatic carbocycles. The standard InChI is InChI=1S/C20H24FN5O3/c1-27-14-7-8-15(28-2)13(10-14)11-22-18-17-19(25-20(21)24-18)26(12-23-17)16-6-4-3-5-9-29-16/h7-8,10,12,16H,3-6,9,11H2,1-2H3,(H,22,24,25). The van der Waals surface area contributed by atoms with Gasteiger partial charge in [-0.1, -0.05) is 6.42 Å². The molecule has 2 aromatic heterocycles. The number of aromatic nitrogens is 4. The zero-order valence-corrected chi connectivity index (χ0v) is 16.5. The lowest BCUT2D eigenvalue weighted by Crippen LogP contribution is -2.12. The monoisotopic (exact) mass is 401 g/mol. The van der Waals surface area contributed by atoms with Gasteiger partial charge in [-0.25, -0.2) is 4.98 Å². The first-order chi connectivity index (χ1) is 14.2. The summed E-state index contributed by atoms with van der Waals surface area (Å²) in [6, 6.07) is 5.50. The predicted molar refractivity (Wildman–Crippen MR) is 106 cm³/mol. The van der Waals surface area contributed by atoms with Crippen molar-refractivity contribution in [3.8, 4) is 11.5 Å². The maximum atomic E-state index is 14.2. The molecule has 3 heterocycles. The van der Waals surface area contributed by atoms with E-state index in [0.29, 0.717) is 41.6 Å². The first-order valence-corrected chi connectivity index (χ1v) is 9.66. The first-order valence-electron chi connectivity index (χ1n) is 9.66. The average Bonchev–Trinajstić information content (AvgIpc) is 2.97. The second-order valence-corrected chi connectivity index (χ2v) is 6.87. The topological polar surface area (TPSA) is 83.3 Å². The number of nitrogens with one attached hydrogen (secondary N) is 1. The maximum absolute atomic E-state index is 14.2. The van der Waals surface area contributed by atoms with Crippen molar-refractivity contribution in [1.29, 1.82) is 0 Å². The van der Waals surface area contributed by atoms with Crippen LogP contribution in [0, 0.1) is 6.08 Å². The fourth-order valence-electron chi connectivity index (χ4n) is 3.54. The van der Waals surface area contributed by atoms with Gasteiger partial charge in [-0.3, -0.25) is 4.57 Å². The van der Waals surface area contributed by atoms with E-state index in [-0.39, 0.29) is 6.23 Å². The number of hydrogen-bond acceptors (Lipinski definition) is 7. The van der Waals surface area contributed by atoms with E-state index in [1.807, 2.05) is 18.2 Å². The summed E-state index contributed by atoms with van der Waals surface area (Å²) in [6.45, 7) is 1.04. The second-order valence-electron chi connectivity index (χ2n) is 6.87. The van der Waals surface area contributed by atoms with E-state index >= 15 is 0 Å². The summed E-state index contributed by atoms with van der Waals surface area (Å²) >= 11 is 0. The summed E-state index contributed by atoms with van der Waals surface area (Å²) in [6.07, 6.45) is 4.70. The molecule has 1 aromatic carbocycles. The Hall–Kier alpha value is -2.94. The van der Waals surface area contributed by atoms with Crippen LogP contribution in [-0.4, -0.2) is 40.3 Å². The highest BCUT2D eigenvalue weighted by molar-refractivity contribution is 5.82. The molecule has 8 nitrogen and oxygen atoms in total. The van der Waals surface area contributed by atoms with Gasteiger partial charge in [0.15, 0.2) is 17.0 Å². The minimum atomic E-state index is -0.812. The molecule has 0 amide bonds. The molecule has 0 radical (unpaired) electrons. The number of hydrogen-bond donors (Lipinski definition) is 1. The van der Waals surface area contributed by atoms with Gasteiger partial charge in [0.2, 0.25) is 0 Å². The molecule has 0 saturated carbocycles. The van der Waals surface area contributed by atoms with Crippen LogP contribution in [0.3, 0.4) is 0 Å². The fraction of sp³-hybridized carbons (Fsp3) is 0.450. The predicted octanol–water partition coefficient (Wildman–Crippen LogP) is 3.68. The van der Waals surface area contributed by atoms with Crippen molar-refractivity contribution in [2.75, 3.05) is 26.1 Å². The van der Waals surface area contributed by atoms with Crippen LogP contribution in [0.1, 0.15) is 37.5 Å². The number of rotatable bonds is 6. The Morgan fingerprint density at radius 2 is 2.10 bits per heavy atom. The number of ether oxygens (including phenoxy) is 3. The van der Waals surface area contributed by atoms with E-state index in [9.17, 15) is 4.39 Å². The molecule has 9 heteroatoms. The molecule has 4 rings (SSSR count). The van der Waals surface area contributed by atoms with E-state index in [2.05, 4.69) is 20.3 Å². The molecule has 1 fully saturated rings. The van der Waals surface area contributed by atoms with Crippen molar-refractivity contribution in [3.05, 3.63) is 36.2 Å². The zero-order chi connectivity index (χ0) is 20.2. The van der Waals surface area contributed by atoms with E-state index in [4.69, 9.17) is 14.2 Å². The Morgan fingerprint density at radius 3 is 2.93 bits per heavy atom. The minimum Gasteiger partial charge on any atom is -0.497 e. The van der Waals surface area contributed by atoms with Crippen LogP contribution in [0.5, 0.6) is 11.5 Å². The number of benzene rings is 1. The van der Waals surface area contributed by atoms with Crippen LogP contribution in [0.2, 0.25) is 0 Å². The Labute approximate surface area is 168 Å². The number of halogens is 1. The highest BCUT2D eigenvalue weighted by Gasteiger charge is 2.21. The summed E-state index contributed by atoms with van der Waals surface area (Å²) in [5.41, 5.74) is 1.77. The normalized spacial score (nSPS) is 17.1. The third kappa shape index (κ3) is 4.09. The second kappa shape index (κ2) is 8.60. The molecule has 3 aromatic rings. The van der Waals surface area contributed by atoms with Crippen LogP contribution in [0.25, 0.3) is 11.2 Å². The quantitative estimate of drug-likeness (QED) is 0.631. The molecule has 1 N–H and O–H groups in total. The van der Waals surface area contributed by atoms with Gasteiger partial charge in [-0.05, 0) is 37.5 Å². The molecule has 0 bridgehead atoms. The highest BCUT2D eigenvalue weighted by atomic mass is 19.1. The molecule has 1 aliphatic rings. The Kier molecular flexibility index (Phi) is 5.75. The molecular weight excluding hydrogens is 377 g/mol. The van der Waals surface area contributed by atoms with Crippen LogP contribution in [-0.2, 0) is 11.3 Å². The van der Waals surface area contributed by atoms with Crippen LogP contribution in [0.15, 0.2) is 24.5 Å². The molecule has 1 atom stereocenters. The highest BCUT2D eigenvalue weighted by Crippen LogP contribution is 2.29. The van der Waals surface area contributed by atoms with Crippen LogP contribution in [0.4, 0.5) is 10.2 Å². The van der Waals surface area contributed by atoms with Gasteiger partial charge in [-0.15, -0.1) is 0 Å². The van der Waals surface area contributed by atoms with Crippen molar-refractivity contribution in [3.63, 3.8) is 0 Å². The van der Waals surface area contributed by atoms with Gasteiger partial charge in [0.1, 0.15) is 17.7 Å². The van der Waals surface area contributed by atoms with Gasteiger partial charge in [0.05, 0.1) is 20.5 Å². The van der Waals surface area contributed by atoms with Gasteiger partial charge in [-0.2, -0.15) is 14.4 Å². The number of anilines is 1. The SMILES string of the molecule is COc1ccc(OC)c(CNc2nc(F)nc3c2ncn3C2CCCCCO2)c1. The summed E-state index contributed by atoms with van der Waals surface area (Å²) in [5.74, 6) is 1.72.